The van der Waals surface area contributed by atoms with E-state index in [0.717, 1.165) is 70.1 Å². The zero-order chi connectivity index (χ0) is 67.7. The molecule has 8 aromatic carbocycles. The van der Waals surface area contributed by atoms with Crippen LogP contribution in [-0.4, -0.2) is 152 Å². The molecule has 0 fully saturated rings. The van der Waals surface area contributed by atoms with Crippen molar-refractivity contribution in [3.8, 4) is 46.0 Å². The van der Waals surface area contributed by atoms with Crippen LogP contribution in [0.15, 0.2) is 202 Å². The Morgan fingerprint density at radius 2 is 0.809 bits per heavy atom. The van der Waals surface area contributed by atoms with Crippen molar-refractivity contribution in [3.63, 3.8) is 0 Å². The average molecular weight is 1400 g/mol. The van der Waals surface area contributed by atoms with E-state index in [2.05, 4.69) is 19.1 Å². The van der Waals surface area contributed by atoms with Crippen LogP contribution in [0.2, 0.25) is 0 Å². The van der Waals surface area contributed by atoms with Crippen LogP contribution in [-0.2, 0) is 65.6 Å². The molecule has 0 radical (unpaired) electrons. The number of ether oxygens (including phenoxy) is 4. The molecule has 23 heteroatoms. The van der Waals surface area contributed by atoms with E-state index in [1.807, 2.05) is 88.9 Å². The van der Waals surface area contributed by atoms with E-state index in [1.54, 1.807) is 84.2 Å². The van der Waals surface area contributed by atoms with Crippen molar-refractivity contribution in [3.05, 3.63) is 215 Å². The van der Waals surface area contributed by atoms with E-state index in [9.17, 15) is 47.9 Å². The fraction of sp³-hybridized carbons (Fsp3) is 0.324. The van der Waals surface area contributed by atoms with Gasteiger partial charge in [-0.05, 0) is 205 Å². The first-order valence-corrected chi connectivity index (χ1v) is 39.1. The number of benzene rings is 8. The van der Waals surface area contributed by atoms with Gasteiger partial charge < -0.3 is 42.1 Å². The van der Waals surface area contributed by atoms with Crippen LogP contribution in [0.25, 0.3) is 0 Å². The maximum atomic E-state index is 14.0. The first-order chi connectivity index (χ1) is 44.5. The topological polar surface area (TPSA) is 240 Å². The number of quaternary nitrogens is 2. The predicted molar refractivity (Wildman–Crippen MR) is 370 cm³/mol. The molecule has 17 nitrogen and oxygen atoms in total. The summed E-state index contributed by atoms with van der Waals surface area (Å²) in [5, 5.41) is 9.74. The Bertz CT molecular complexity index is 4250. The highest BCUT2D eigenvalue weighted by atomic mass is 32.2. The van der Waals surface area contributed by atoms with Gasteiger partial charge in [0.25, 0.3) is 0 Å². The van der Waals surface area contributed by atoms with Gasteiger partial charge in [-0.1, -0.05) is 55.5 Å². The maximum absolute atomic E-state index is 14.0. The molecule has 0 aromatic heterocycles. The fourth-order valence-corrected chi connectivity index (χ4v) is 16.5. The zero-order valence-electron chi connectivity index (χ0n) is 53.7. The van der Waals surface area contributed by atoms with Gasteiger partial charge in [0, 0.05) is 41.1 Å². The molecule has 1 atom stereocenters. The maximum Gasteiger partial charge on any atom is 0.206 e. The smallest absolute Gasteiger partial charge is 0.206 e. The summed E-state index contributed by atoms with van der Waals surface area (Å²) in [5.74, 6) is 5.62. The molecule has 0 aliphatic carbocycles. The Morgan fingerprint density at radius 1 is 0.436 bits per heavy atom. The SMILES string of the molecule is COc1ccc(S(=O)(=O)c2ccc(Oc3ccc(Cc4ccc(Oc5ccc(S(=O)(=O)c6ccc(Oc7ccc(Cc8ccc(O)cc8)cc7)cc6)cc5)c(CCCSCC[N+](C)(C)CCCS(=O)(=O)[O-])c4)cc3CC(C)SCC[N+](C)(C)CCCS(=O)(=O)[O-])cc2)cc1. The summed E-state index contributed by atoms with van der Waals surface area (Å²) >= 11 is 3.58. The highest BCUT2D eigenvalue weighted by Crippen LogP contribution is 2.35. The third kappa shape index (κ3) is 22.9. The summed E-state index contributed by atoms with van der Waals surface area (Å²) in [5.41, 5.74) is 6.05. The summed E-state index contributed by atoms with van der Waals surface area (Å²) in [7, 11) is -6.71. The highest BCUT2D eigenvalue weighted by molar-refractivity contribution is 8.00. The van der Waals surface area contributed by atoms with Gasteiger partial charge in [-0.25, -0.2) is 33.7 Å². The molecular weight excluding hydrogens is 1310 g/mol. The van der Waals surface area contributed by atoms with Crippen molar-refractivity contribution in [2.75, 3.05) is 90.2 Å². The average Bonchev–Trinajstić information content (AvgIpc) is 0.818. The van der Waals surface area contributed by atoms with Crippen LogP contribution in [0.1, 0.15) is 59.6 Å². The number of rotatable bonds is 36. The van der Waals surface area contributed by atoms with Crippen LogP contribution < -0.4 is 18.9 Å². The number of methoxy groups -OCH3 is 1. The first kappa shape index (κ1) is 72.9. The number of phenols is 1. The second-order valence-electron chi connectivity index (χ2n) is 24.5. The van der Waals surface area contributed by atoms with Gasteiger partial charge in [-0.15, -0.1) is 0 Å². The molecule has 1 unspecified atom stereocenters. The van der Waals surface area contributed by atoms with E-state index >= 15 is 0 Å². The third-order valence-electron chi connectivity index (χ3n) is 15.9. The van der Waals surface area contributed by atoms with Crippen LogP contribution in [0.3, 0.4) is 0 Å². The van der Waals surface area contributed by atoms with E-state index in [0.29, 0.717) is 94.4 Å². The Kier molecular flexibility index (Phi) is 25.4. The van der Waals surface area contributed by atoms with E-state index in [-0.39, 0.29) is 42.8 Å². The standard InChI is InChI=1S/C71H82N2O15S6/c1-53(90-45-42-73(4,5)40-9-47-92(78,79)80)48-59-52-57(16-38-71(59)88-65-27-35-68(36-28-65)93(81,82)66-29-21-61(85-6)22-30-66)50-56-15-37-70(58(51-56)10-7-43-89-44-41-72(2,3)39-8-46-91(75,76)77)87-64-25-33-69(34-26-64)94(83,84)67-31-23-63(24-32-67)86-62-19-13-55(14-20-62)49-54-11-17-60(74)18-12-54/h11-38,51-53H,7-10,39-50H2,1-6H3,(H-2,74,75,76,77,78,79,80). The second-order valence-corrected chi connectivity index (χ2v) is 34.3. The summed E-state index contributed by atoms with van der Waals surface area (Å²) in [6.45, 7) is 4.81. The monoisotopic (exact) mass is 1390 g/mol. The minimum atomic E-state index is -4.30. The minimum Gasteiger partial charge on any atom is -0.748 e. The third-order valence-corrected chi connectivity index (χ3v) is 23.2. The molecule has 8 rings (SSSR count). The van der Waals surface area contributed by atoms with E-state index in [4.69, 9.17) is 18.9 Å². The lowest BCUT2D eigenvalue weighted by Gasteiger charge is -2.30. The molecule has 0 aliphatic rings. The van der Waals surface area contributed by atoms with Gasteiger partial charge in [-0.2, -0.15) is 23.5 Å². The van der Waals surface area contributed by atoms with Gasteiger partial charge >= 0.3 is 0 Å². The normalized spacial score (nSPS) is 12.7. The molecule has 0 saturated carbocycles. The lowest BCUT2D eigenvalue weighted by Crippen LogP contribution is -2.43. The fourth-order valence-electron chi connectivity index (χ4n) is 10.5. The molecule has 0 saturated heterocycles. The van der Waals surface area contributed by atoms with Gasteiger partial charge in [0.2, 0.25) is 19.7 Å². The number of sulfone groups is 2. The zero-order valence-corrected chi connectivity index (χ0v) is 58.6. The number of aromatic hydroxyl groups is 1. The molecule has 0 amide bonds. The van der Waals surface area contributed by atoms with Crippen molar-refractivity contribution >= 4 is 63.4 Å². The Hall–Kier alpha value is -6.90. The lowest BCUT2D eigenvalue weighted by atomic mass is 9.97. The number of aryl methyl sites for hydroxylation is 1. The first-order valence-electron chi connectivity index (χ1n) is 30.8. The van der Waals surface area contributed by atoms with Crippen molar-refractivity contribution in [1.29, 1.82) is 0 Å². The molecule has 1 N–H and O–H groups in total. The summed E-state index contributed by atoms with van der Waals surface area (Å²) in [6.07, 6.45) is 3.90. The summed E-state index contributed by atoms with van der Waals surface area (Å²) in [4.78, 5) is 0.434. The van der Waals surface area contributed by atoms with Crippen LogP contribution in [0.4, 0.5) is 0 Å². The van der Waals surface area contributed by atoms with Crippen LogP contribution in [0, 0.1) is 0 Å². The number of hydrogen-bond acceptors (Lipinski definition) is 17. The van der Waals surface area contributed by atoms with E-state index in [1.165, 1.54) is 55.6 Å². The highest BCUT2D eigenvalue weighted by Gasteiger charge is 2.23. The molecule has 0 spiro atoms. The van der Waals surface area contributed by atoms with Crippen molar-refractivity contribution in [1.82, 2.24) is 0 Å². The second kappa shape index (κ2) is 32.7. The largest absolute Gasteiger partial charge is 0.748 e. The van der Waals surface area contributed by atoms with Gasteiger partial charge in [-0.3, -0.25) is 0 Å². The molecule has 502 valence electrons. The lowest BCUT2D eigenvalue weighted by molar-refractivity contribution is -0.887. The number of thioether (sulfide) groups is 2. The predicted octanol–water partition coefficient (Wildman–Crippen LogP) is 13.0. The van der Waals surface area contributed by atoms with E-state index < -0.39 is 45.7 Å². The quantitative estimate of drug-likeness (QED) is 0.0218. The number of hydrogen-bond donors (Lipinski definition) is 1. The van der Waals surface area contributed by atoms with Gasteiger partial charge in [0.05, 0.1) is 101 Å². The molecule has 0 aliphatic heterocycles. The van der Waals surface area contributed by atoms with Crippen LogP contribution >= 0.6 is 23.5 Å². The molecule has 0 heterocycles. The van der Waals surface area contributed by atoms with Gasteiger partial charge in [0.15, 0.2) is 0 Å². The van der Waals surface area contributed by atoms with Crippen molar-refractivity contribution < 1.29 is 75.8 Å². The van der Waals surface area contributed by atoms with Crippen LogP contribution in [0.5, 0.6) is 46.0 Å². The Balaban J connectivity index is 0.983. The molecule has 94 heavy (non-hydrogen) atoms. The molecule has 8 aromatic rings. The number of phenolic OH excluding ortho intramolecular Hbond substituents is 1. The minimum absolute atomic E-state index is 0.0910. The van der Waals surface area contributed by atoms with Gasteiger partial charge in [0.1, 0.15) is 46.0 Å². The van der Waals surface area contributed by atoms with Crippen molar-refractivity contribution in [2.45, 2.75) is 76.7 Å². The Morgan fingerprint density at radius 3 is 1.26 bits per heavy atom. The molecular formula is C71H82N2O15S6. The molecule has 0 bridgehead atoms. The summed E-state index contributed by atoms with van der Waals surface area (Å²) < 4.78 is 148. The Labute approximate surface area is 563 Å². The summed E-state index contributed by atoms with van der Waals surface area (Å²) in [6, 6.07) is 52.0. The van der Waals surface area contributed by atoms with Crippen molar-refractivity contribution in [2.24, 2.45) is 0 Å². The number of nitrogens with zero attached hydrogens (tertiary/aromatic N) is 2.